The van der Waals surface area contributed by atoms with Crippen LogP contribution in [0.1, 0.15) is 24.5 Å². The highest BCUT2D eigenvalue weighted by Gasteiger charge is 2.13. The lowest BCUT2D eigenvalue weighted by molar-refractivity contribution is -0.132. The van der Waals surface area contributed by atoms with Gasteiger partial charge in [0.15, 0.2) is 0 Å². The third kappa shape index (κ3) is 3.85. The molecular formula is C25H23NO. The van der Waals surface area contributed by atoms with Crippen LogP contribution < -0.4 is 0 Å². The van der Waals surface area contributed by atoms with Crippen LogP contribution >= 0.6 is 0 Å². The number of fused-ring (bicyclic) bond motifs is 2. The Labute approximate surface area is 160 Å². The van der Waals surface area contributed by atoms with E-state index >= 15 is 0 Å². The molecule has 0 unspecified atom stereocenters. The van der Waals surface area contributed by atoms with Gasteiger partial charge < -0.3 is 4.90 Å². The molecule has 4 aromatic rings. The van der Waals surface area contributed by atoms with Crippen LogP contribution in [0.2, 0.25) is 0 Å². The van der Waals surface area contributed by atoms with E-state index in [1.807, 2.05) is 11.8 Å². The quantitative estimate of drug-likeness (QED) is 0.435. The van der Waals surface area contributed by atoms with E-state index in [0.717, 1.165) is 11.1 Å². The third-order valence-corrected chi connectivity index (χ3v) is 5.03. The minimum absolute atomic E-state index is 0.177. The van der Waals surface area contributed by atoms with Crippen molar-refractivity contribution in [2.45, 2.75) is 26.4 Å². The van der Waals surface area contributed by atoms with Crippen molar-refractivity contribution in [2.75, 3.05) is 0 Å². The van der Waals surface area contributed by atoms with Crippen LogP contribution in [0.3, 0.4) is 0 Å². The van der Waals surface area contributed by atoms with Gasteiger partial charge in [-0.2, -0.15) is 0 Å². The van der Waals surface area contributed by atoms with Crippen LogP contribution in [0.25, 0.3) is 21.5 Å². The van der Waals surface area contributed by atoms with Crippen molar-refractivity contribution >= 4 is 27.5 Å². The van der Waals surface area contributed by atoms with Crippen LogP contribution in [-0.2, 0) is 17.9 Å². The van der Waals surface area contributed by atoms with Crippen molar-refractivity contribution in [3.05, 3.63) is 96.1 Å². The molecule has 0 spiro atoms. The number of carbonyl (C=O) groups excluding carboxylic acids is 1. The molecule has 134 valence electrons. The largest absolute Gasteiger partial charge is 0.334 e. The summed E-state index contributed by atoms with van der Waals surface area (Å²) in [6, 6.07) is 29.6. The van der Waals surface area contributed by atoms with Crippen molar-refractivity contribution in [1.82, 2.24) is 4.90 Å². The zero-order chi connectivity index (χ0) is 18.6. The molecule has 0 aliphatic heterocycles. The molecule has 2 nitrogen and oxygen atoms in total. The van der Waals surface area contributed by atoms with Crippen molar-refractivity contribution < 1.29 is 4.79 Å². The van der Waals surface area contributed by atoms with E-state index in [0.29, 0.717) is 19.5 Å². The molecule has 0 saturated heterocycles. The van der Waals surface area contributed by atoms with Crippen LogP contribution in [0.15, 0.2) is 84.9 Å². The molecule has 1 amide bonds. The summed E-state index contributed by atoms with van der Waals surface area (Å²) >= 11 is 0. The highest BCUT2D eigenvalue weighted by atomic mass is 16.2. The van der Waals surface area contributed by atoms with Crippen LogP contribution in [0, 0.1) is 0 Å². The molecule has 0 fully saturated rings. The van der Waals surface area contributed by atoms with Gasteiger partial charge in [-0.1, -0.05) is 79.7 Å². The summed E-state index contributed by atoms with van der Waals surface area (Å²) in [4.78, 5) is 14.5. The fraction of sp³-hybridized carbons (Fsp3) is 0.160. The lowest BCUT2D eigenvalue weighted by Crippen LogP contribution is -2.29. The van der Waals surface area contributed by atoms with Crippen molar-refractivity contribution in [1.29, 1.82) is 0 Å². The van der Waals surface area contributed by atoms with E-state index < -0.39 is 0 Å². The SMILES string of the molecule is CCC(=O)N(Cc1ccc2ccccc2c1)Cc1ccc2ccccc2c1. The molecule has 0 aliphatic carbocycles. The van der Waals surface area contributed by atoms with E-state index in [-0.39, 0.29) is 5.91 Å². The summed E-state index contributed by atoms with van der Waals surface area (Å²) < 4.78 is 0. The molecule has 0 aliphatic rings. The summed E-state index contributed by atoms with van der Waals surface area (Å²) in [6.07, 6.45) is 0.515. The van der Waals surface area contributed by atoms with Crippen molar-refractivity contribution in [3.63, 3.8) is 0 Å². The summed E-state index contributed by atoms with van der Waals surface area (Å²) in [5, 5.41) is 4.88. The zero-order valence-corrected chi connectivity index (χ0v) is 15.6. The fourth-order valence-corrected chi connectivity index (χ4v) is 3.57. The average molecular weight is 353 g/mol. The summed E-state index contributed by atoms with van der Waals surface area (Å²) in [5.41, 5.74) is 2.33. The van der Waals surface area contributed by atoms with Crippen molar-refractivity contribution in [3.8, 4) is 0 Å². The number of hydrogen-bond donors (Lipinski definition) is 0. The normalized spacial score (nSPS) is 11.0. The van der Waals surface area contributed by atoms with Gasteiger partial charge >= 0.3 is 0 Å². The molecule has 0 aromatic heterocycles. The molecule has 4 rings (SSSR count). The second kappa shape index (κ2) is 7.63. The van der Waals surface area contributed by atoms with Gasteiger partial charge in [-0.15, -0.1) is 0 Å². The Balaban J connectivity index is 1.60. The first-order valence-corrected chi connectivity index (χ1v) is 9.46. The van der Waals surface area contributed by atoms with E-state index in [9.17, 15) is 4.79 Å². The van der Waals surface area contributed by atoms with Gasteiger partial charge in [0.05, 0.1) is 0 Å². The minimum Gasteiger partial charge on any atom is -0.334 e. The van der Waals surface area contributed by atoms with Crippen LogP contribution in [0.4, 0.5) is 0 Å². The maximum absolute atomic E-state index is 12.6. The predicted molar refractivity (Wildman–Crippen MR) is 112 cm³/mol. The van der Waals surface area contributed by atoms with Gasteiger partial charge in [0.2, 0.25) is 5.91 Å². The second-order valence-electron chi connectivity index (χ2n) is 6.97. The Morgan fingerprint density at radius 1 is 0.667 bits per heavy atom. The molecule has 0 radical (unpaired) electrons. The Morgan fingerprint density at radius 2 is 1.11 bits per heavy atom. The minimum atomic E-state index is 0.177. The van der Waals surface area contributed by atoms with Gasteiger partial charge in [-0.3, -0.25) is 4.79 Å². The molecule has 4 aromatic carbocycles. The maximum atomic E-state index is 12.6. The molecule has 0 bridgehead atoms. The van der Waals surface area contributed by atoms with Gasteiger partial charge in [0.1, 0.15) is 0 Å². The Kier molecular flexibility index (Phi) is 4.88. The monoisotopic (exact) mass is 353 g/mol. The standard InChI is InChI=1S/C25H23NO/c1-2-25(27)26(17-19-11-13-21-7-3-5-9-23(21)15-19)18-20-12-14-22-8-4-6-10-24(22)16-20/h3-16H,2,17-18H2,1H3. The van der Waals surface area contributed by atoms with Gasteiger partial charge in [-0.25, -0.2) is 0 Å². The lowest BCUT2D eigenvalue weighted by Gasteiger charge is -2.23. The first-order valence-electron chi connectivity index (χ1n) is 9.46. The number of nitrogens with zero attached hydrogens (tertiary/aromatic N) is 1. The first kappa shape index (κ1) is 17.3. The molecule has 27 heavy (non-hydrogen) atoms. The van der Waals surface area contributed by atoms with E-state index in [4.69, 9.17) is 0 Å². The summed E-state index contributed by atoms with van der Waals surface area (Å²) in [5.74, 6) is 0.177. The summed E-state index contributed by atoms with van der Waals surface area (Å²) in [6.45, 7) is 3.19. The lowest BCUT2D eigenvalue weighted by atomic mass is 10.0. The van der Waals surface area contributed by atoms with Crippen LogP contribution in [0.5, 0.6) is 0 Å². The molecular weight excluding hydrogens is 330 g/mol. The Hall–Kier alpha value is -3.13. The third-order valence-electron chi connectivity index (χ3n) is 5.03. The number of amides is 1. The van der Waals surface area contributed by atoms with Gasteiger partial charge in [0.25, 0.3) is 0 Å². The van der Waals surface area contributed by atoms with Gasteiger partial charge in [-0.05, 0) is 44.8 Å². The topological polar surface area (TPSA) is 20.3 Å². The number of carbonyl (C=O) groups is 1. The fourth-order valence-electron chi connectivity index (χ4n) is 3.57. The predicted octanol–water partition coefficient (Wildman–Crippen LogP) is 5.93. The van der Waals surface area contributed by atoms with E-state index in [2.05, 4.69) is 84.9 Å². The molecule has 0 heterocycles. The molecule has 0 N–H and O–H groups in total. The summed E-state index contributed by atoms with van der Waals surface area (Å²) in [7, 11) is 0. The molecule has 0 saturated carbocycles. The highest BCUT2D eigenvalue weighted by molar-refractivity contribution is 5.84. The first-order chi connectivity index (χ1) is 13.2. The Bertz CT molecular complexity index is 1020. The maximum Gasteiger partial charge on any atom is 0.222 e. The second-order valence-corrected chi connectivity index (χ2v) is 6.97. The number of benzene rings is 4. The zero-order valence-electron chi connectivity index (χ0n) is 15.6. The highest BCUT2D eigenvalue weighted by Crippen LogP contribution is 2.20. The molecule has 2 heteroatoms. The van der Waals surface area contributed by atoms with Gasteiger partial charge in [0, 0.05) is 19.5 Å². The van der Waals surface area contributed by atoms with Crippen LogP contribution in [-0.4, -0.2) is 10.8 Å². The number of hydrogen-bond acceptors (Lipinski definition) is 1. The number of rotatable bonds is 5. The van der Waals surface area contributed by atoms with Crippen molar-refractivity contribution in [2.24, 2.45) is 0 Å². The van der Waals surface area contributed by atoms with E-state index in [1.54, 1.807) is 0 Å². The smallest absolute Gasteiger partial charge is 0.222 e. The van der Waals surface area contributed by atoms with E-state index in [1.165, 1.54) is 21.5 Å². The molecule has 0 atom stereocenters. The average Bonchev–Trinajstić information content (AvgIpc) is 2.72. The Morgan fingerprint density at radius 3 is 1.56 bits per heavy atom.